The van der Waals surface area contributed by atoms with Gasteiger partial charge in [-0.25, -0.2) is 0 Å². The number of nitrogens with zero attached hydrogens (tertiary/aromatic N) is 4. The number of carbonyl (C=O) groups excluding carboxylic acids is 6. The van der Waals surface area contributed by atoms with Gasteiger partial charge in [0.2, 0.25) is 35.4 Å². The highest BCUT2D eigenvalue weighted by molar-refractivity contribution is 6.09. The van der Waals surface area contributed by atoms with Crippen LogP contribution in [0.3, 0.4) is 0 Å². The van der Waals surface area contributed by atoms with Gasteiger partial charge in [-0.3, -0.25) is 38.6 Å². The van der Waals surface area contributed by atoms with Crippen LogP contribution in [-0.2, 0) is 28.8 Å². The van der Waals surface area contributed by atoms with Crippen molar-refractivity contribution < 1.29 is 28.8 Å². The van der Waals surface area contributed by atoms with E-state index < -0.39 is 0 Å². The first-order chi connectivity index (χ1) is 17.3. The summed E-state index contributed by atoms with van der Waals surface area (Å²) in [6.07, 6.45) is 9.78. The van der Waals surface area contributed by atoms with E-state index in [1.807, 2.05) is 24.3 Å². The van der Waals surface area contributed by atoms with Gasteiger partial charge in [0.25, 0.3) is 0 Å². The first kappa shape index (κ1) is 21.9. The topological polar surface area (TPSA) is 115 Å². The quantitative estimate of drug-likeness (QED) is 0.378. The van der Waals surface area contributed by atoms with Crippen molar-refractivity contribution in [2.75, 3.05) is 39.3 Å². The Hall–Kier alpha value is -3.30. The molecule has 3 heterocycles. The predicted octanol–water partition coefficient (Wildman–Crippen LogP) is -0.729. The van der Waals surface area contributed by atoms with Gasteiger partial charge in [-0.2, -0.15) is 0 Å². The van der Waals surface area contributed by atoms with Gasteiger partial charge in [0.1, 0.15) is 13.1 Å². The van der Waals surface area contributed by atoms with Crippen LogP contribution in [0.15, 0.2) is 24.3 Å². The highest BCUT2D eigenvalue weighted by atomic mass is 16.2. The summed E-state index contributed by atoms with van der Waals surface area (Å²) in [5, 5.41) is 0. The monoisotopic (exact) mass is 492 g/mol. The zero-order valence-corrected chi connectivity index (χ0v) is 19.8. The number of carbonyl (C=O) groups is 6. The summed E-state index contributed by atoms with van der Waals surface area (Å²) < 4.78 is 0. The molecule has 7 aliphatic rings. The molecule has 8 atom stereocenters. The summed E-state index contributed by atoms with van der Waals surface area (Å²) in [5.74, 6) is -2.44. The van der Waals surface area contributed by atoms with E-state index in [1.54, 1.807) is 9.80 Å². The van der Waals surface area contributed by atoms with Gasteiger partial charge in [0, 0.05) is 26.2 Å². The van der Waals surface area contributed by atoms with E-state index in [1.165, 1.54) is 0 Å². The van der Waals surface area contributed by atoms with Crippen molar-refractivity contribution in [2.45, 2.75) is 12.8 Å². The maximum Gasteiger partial charge on any atom is 0.242 e. The van der Waals surface area contributed by atoms with E-state index in [2.05, 4.69) is 0 Å². The van der Waals surface area contributed by atoms with Crippen molar-refractivity contribution in [3.8, 4) is 0 Å². The van der Waals surface area contributed by atoms with Crippen molar-refractivity contribution in [3.63, 3.8) is 0 Å². The Labute approximate surface area is 207 Å². The van der Waals surface area contributed by atoms with Crippen LogP contribution in [0.25, 0.3) is 0 Å². The van der Waals surface area contributed by atoms with Crippen LogP contribution in [0.2, 0.25) is 0 Å². The third kappa shape index (κ3) is 2.90. The Kier molecular flexibility index (Phi) is 4.63. The Morgan fingerprint density at radius 3 is 1.11 bits per heavy atom. The van der Waals surface area contributed by atoms with E-state index >= 15 is 0 Å². The summed E-state index contributed by atoms with van der Waals surface area (Å²) in [6, 6.07) is 0. The number of allylic oxidation sites excluding steroid dienone is 4. The summed E-state index contributed by atoms with van der Waals surface area (Å²) >= 11 is 0. The van der Waals surface area contributed by atoms with E-state index in [4.69, 9.17) is 0 Å². The maximum absolute atomic E-state index is 12.9. The fraction of sp³-hybridized carbons (Fsp3) is 0.615. The molecule has 3 aliphatic heterocycles. The molecule has 10 heteroatoms. The van der Waals surface area contributed by atoms with Gasteiger partial charge in [0.15, 0.2) is 0 Å². The fourth-order valence-corrected chi connectivity index (χ4v) is 7.92. The molecule has 0 aromatic carbocycles. The number of rotatable bonds is 4. The third-order valence-electron chi connectivity index (χ3n) is 9.70. The predicted molar refractivity (Wildman–Crippen MR) is 122 cm³/mol. The lowest BCUT2D eigenvalue weighted by molar-refractivity contribution is -0.150. The minimum Gasteiger partial charge on any atom is -0.338 e. The molecular formula is C26H28N4O6. The van der Waals surface area contributed by atoms with Crippen LogP contribution in [0.1, 0.15) is 12.8 Å². The number of likely N-dealkylation sites (tertiary alicyclic amines) is 2. The van der Waals surface area contributed by atoms with Crippen LogP contribution in [0.5, 0.6) is 0 Å². The molecule has 5 fully saturated rings. The lowest BCUT2D eigenvalue weighted by Gasteiger charge is -2.36. The van der Waals surface area contributed by atoms with Crippen LogP contribution in [0.4, 0.5) is 0 Å². The summed E-state index contributed by atoms with van der Waals surface area (Å²) in [6.45, 7) is 0.606. The minimum absolute atomic E-state index is 0.103. The molecule has 2 saturated carbocycles. The molecule has 0 spiro atoms. The van der Waals surface area contributed by atoms with Crippen molar-refractivity contribution in [1.82, 2.24) is 19.6 Å². The van der Waals surface area contributed by atoms with Crippen molar-refractivity contribution in [3.05, 3.63) is 24.3 Å². The molecule has 36 heavy (non-hydrogen) atoms. The average molecular weight is 493 g/mol. The zero-order chi connectivity index (χ0) is 24.9. The first-order valence-electron chi connectivity index (χ1n) is 13.0. The van der Waals surface area contributed by atoms with Gasteiger partial charge < -0.3 is 9.80 Å². The maximum atomic E-state index is 12.9. The molecule has 4 bridgehead atoms. The van der Waals surface area contributed by atoms with Crippen LogP contribution in [-0.4, -0.2) is 94.3 Å². The lowest BCUT2D eigenvalue weighted by atomic mass is 9.85. The van der Waals surface area contributed by atoms with Crippen molar-refractivity contribution in [1.29, 1.82) is 0 Å². The van der Waals surface area contributed by atoms with E-state index in [0.29, 0.717) is 0 Å². The molecule has 0 aromatic rings. The molecule has 10 nitrogen and oxygen atoms in total. The van der Waals surface area contributed by atoms with Gasteiger partial charge in [-0.15, -0.1) is 0 Å². The second kappa shape index (κ2) is 7.60. The molecule has 0 aromatic heterocycles. The van der Waals surface area contributed by atoms with E-state index in [-0.39, 0.29) is 122 Å². The molecule has 0 radical (unpaired) electrons. The number of imide groups is 2. The summed E-state index contributed by atoms with van der Waals surface area (Å²) in [7, 11) is 0. The Bertz CT molecular complexity index is 1020. The lowest BCUT2D eigenvalue weighted by Crippen LogP contribution is -2.55. The fourth-order valence-electron chi connectivity index (χ4n) is 7.92. The second-order valence-electron chi connectivity index (χ2n) is 11.3. The summed E-state index contributed by atoms with van der Waals surface area (Å²) in [5.41, 5.74) is 0. The number of hydrogen-bond acceptors (Lipinski definition) is 6. The largest absolute Gasteiger partial charge is 0.338 e. The molecule has 0 unspecified atom stereocenters. The Morgan fingerprint density at radius 1 is 0.556 bits per heavy atom. The van der Waals surface area contributed by atoms with Crippen molar-refractivity contribution in [2.24, 2.45) is 47.3 Å². The number of hydrogen-bond donors (Lipinski definition) is 0. The third-order valence-corrected chi connectivity index (χ3v) is 9.70. The van der Waals surface area contributed by atoms with Gasteiger partial charge in [-0.05, 0) is 36.5 Å². The number of amides is 6. The smallest absolute Gasteiger partial charge is 0.242 e. The molecular weight excluding hydrogens is 464 g/mol. The van der Waals surface area contributed by atoms with Crippen molar-refractivity contribution >= 4 is 35.4 Å². The number of piperazine rings is 1. The second-order valence-corrected chi connectivity index (χ2v) is 11.3. The number of fused-ring (bicyclic) bond motifs is 10. The molecule has 6 amide bonds. The highest BCUT2D eigenvalue weighted by Gasteiger charge is 2.60. The van der Waals surface area contributed by atoms with Gasteiger partial charge in [-0.1, -0.05) is 24.3 Å². The van der Waals surface area contributed by atoms with E-state index in [9.17, 15) is 28.8 Å². The molecule has 188 valence electrons. The molecule has 3 saturated heterocycles. The molecule has 7 rings (SSSR count). The van der Waals surface area contributed by atoms with Crippen LogP contribution < -0.4 is 0 Å². The standard InChI is InChI=1S/C26H28N4O6/c31-17(11-29-23(33)19-13-1-2-14(9-13)20(19)24(29)34)27-5-7-28(8-6-27)18(32)12-30-25(35)21-15-3-4-16(10-15)22(21)26(30)36/h1-4,13-16,19-22H,5-12H2/t13-,14+,15-,16+,19-,20-,21-,22+/m0/s1. The molecule has 4 aliphatic carbocycles. The van der Waals surface area contributed by atoms with Gasteiger partial charge in [0.05, 0.1) is 23.7 Å². The average Bonchev–Trinajstić information content (AvgIpc) is 3.72. The highest BCUT2D eigenvalue weighted by Crippen LogP contribution is 2.53. The SMILES string of the molecule is O=C(CN1C(=O)[C@@H]2[C@@H](C1=O)[C@H]1C=C[C@@H]2C1)N1CCN(C(=O)CN2C(=O)[C@@H]3[C@H](C2=O)[C@@H]2C=C[C@H]3C2)CC1. The normalized spacial score (nSPS) is 39.8. The first-order valence-corrected chi connectivity index (χ1v) is 13.0. The zero-order valence-electron chi connectivity index (χ0n) is 19.8. The van der Waals surface area contributed by atoms with Crippen LogP contribution >= 0.6 is 0 Å². The Morgan fingerprint density at radius 2 is 0.833 bits per heavy atom. The molecule has 0 N–H and O–H groups in total. The van der Waals surface area contributed by atoms with Gasteiger partial charge >= 0.3 is 0 Å². The summed E-state index contributed by atoms with van der Waals surface area (Å²) in [4.78, 5) is 82.7. The Balaban J connectivity index is 0.931. The van der Waals surface area contributed by atoms with E-state index in [0.717, 1.165) is 22.6 Å². The minimum atomic E-state index is -0.323. The van der Waals surface area contributed by atoms with Crippen LogP contribution in [0, 0.1) is 47.3 Å².